The molecule has 94 valence electrons. The summed E-state index contributed by atoms with van der Waals surface area (Å²) in [4.78, 5) is 13.8. The summed E-state index contributed by atoms with van der Waals surface area (Å²) in [6.07, 6.45) is 0. The van der Waals surface area contributed by atoms with Gasteiger partial charge in [0.05, 0.1) is 4.47 Å². The van der Waals surface area contributed by atoms with Crippen molar-refractivity contribution in [3.05, 3.63) is 34.1 Å². The molecule has 0 aromatic heterocycles. The highest BCUT2D eigenvalue weighted by molar-refractivity contribution is 9.10. The first-order chi connectivity index (χ1) is 7.79. The highest BCUT2D eigenvalue weighted by atomic mass is 79.9. The third-order valence-electron chi connectivity index (χ3n) is 2.71. The summed E-state index contributed by atoms with van der Waals surface area (Å²) in [5.41, 5.74) is 0.174. The molecule has 0 unspecified atom stereocenters. The average Bonchev–Trinajstić information content (AvgIpc) is 2.30. The molecule has 0 aliphatic heterocycles. The molecule has 0 saturated heterocycles. The molecule has 0 saturated carbocycles. The van der Waals surface area contributed by atoms with Gasteiger partial charge in [0, 0.05) is 23.5 Å². The zero-order valence-electron chi connectivity index (χ0n) is 9.93. The second-order valence-electron chi connectivity index (χ2n) is 4.44. The summed E-state index contributed by atoms with van der Waals surface area (Å²) in [6, 6.07) is 4.27. The van der Waals surface area contributed by atoms with Crippen molar-refractivity contribution >= 4 is 37.8 Å². The topological polar surface area (TPSA) is 20.3 Å². The fourth-order valence-electron chi connectivity index (χ4n) is 1.19. The maximum absolute atomic E-state index is 13.1. The molecule has 1 aromatic carbocycles. The van der Waals surface area contributed by atoms with Crippen LogP contribution in [-0.4, -0.2) is 28.7 Å². The minimum Gasteiger partial charge on any atom is -0.336 e. The fraction of sp³-hybridized carbons (Fsp3) is 0.417. The quantitative estimate of drug-likeness (QED) is 0.744. The third kappa shape index (κ3) is 3.28. The zero-order chi connectivity index (χ0) is 13.2. The second-order valence-corrected chi connectivity index (χ2v) is 5.85. The van der Waals surface area contributed by atoms with Crippen LogP contribution in [0, 0.1) is 5.82 Å². The van der Waals surface area contributed by atoms with E-state index in [2.05, 4.69) is 31.9 Å². The Balaban J connectivity index is 3.01. The van der Waals surface area contributed by atoms with Gasteiger partial charge in [0.25, 0.3) is 5.91 Å². The van der Waals surface area contributed by atoms with Crippen molar-refractivity contribution in [2.45, 2.75) is 19.4 Å². The van der Waals surface area contributed by atoms with Crippen molar-refractivity contribution in [1.82, 2.24) is 4.90 Å². The number of carbonyl (C=O) groups is 1. The Hall–Kier alpha value is -0.420. The van der Waals surface area contributed by atoms with Gasteiger partial charge in [-0.05, 0) is 48.0 Å². The molecule has 0 bridgehead atoms. The Bertz CT molecular complexity index is 435. The van der Waals surface area contributed by atoms with E-state index in [9.17, 15) is 9.18 Å². The van der Waals surface area contributed by atoms with Gasteiger partial charge in [0.2, 0.25) is 0 Å². The molecule has 0 heterocycles. The van der Waals surface area contributed by atoms with Gasteiger partial charge in [-0.2, -0.15) is 0 Å². The molecule has 1 amide bonds. The van der Waals surface area contributed by atoms with E-state index in [-0.39, 0.29) is 17.3 Å². The van der Waals surface area contributed by atoms with Crippen LogP contribution in [0.2, 0.25) is 0 Å². The number of amides is 1. The van der Waals surface area contributed by atoms with Gasteiger partial charge in [-0.1, -0.05) is 15.9 Å². The summed E-state index contributed by atoms with van der Waals surface area (Å²) in [5.74, 6) is -0.501. The molecule has 1 rings (SSSR count). The summed E-state index contributed by atoms with van der Waals surface area (Å²) >= 11 is 6.45. The molecule has 0 radical (unpaired) electrons. The summed E-state index contributed by atoms with van der Waals surface area (Å²) in [6.45, 7) is 3.91. The largest absolute Gasteiger partial charge is 0.336 e. The van der Waals surface area contributed by atoms with Crippen molar-refractivity contribution in [3.63, 3.8) is 0 Å². The lowest BCUT2D eigenvalue weighted by atomic mass is 10.1. The number of hydrogen-bond acceptors (Lipinski definition) is 1. The van der Waals surface area contributed by atoms with Gasteiger partial charge in [-0.15, -0.1) is 0 Å². The standard InChI is InChI=1S/C12H14Br2FNO/c1-12(2,7-13)16(3)11(17)8-4-5-10(15)9(14)6-8/h4-6H,7H2,1-3H3. The van der Waals surface area contributed by atoms with E-state index in [0.29, 0.717) is 15.4 Å². The van der Waals surface area contributed by atoms with Gasteiger partial charge in [0.15, 0.2) is 0 Å². The minimum atomic E-state index is -0.371. The normalized spacial score (nSPS) is 11.4. The van der Waals surface area contributed by atoms with E-state index in [4.69, 9.17) is 0 Å². The lowest BCUT2D eigenvalue weighted by Crippen LogP contribution is -2.46. The Kier molecular flexibility index (Phi) is 4.72. The molecule has 0 aliphatic carbocycles. The van der Waals surface area contributed by atoms with E-state index >= 15 is 0 Å². The molecule has 0 atom stereocenters. The molecular weight excluding hydrogens is 353 g/mol. The van der Waals surface area contributed by atoms with Crippen molar-refractivity contribution in [2.24, 2.45) is 0 Å². The first-order valence-electron chi connectivity index (χ1n) is 5.09. The number of rotatable bonds is 3. The molecule has 2 nitrogen and oxygen atoms in total. The van der Waals surface area contributed by atoms with Crippen LogP contribution < -0.4 is 0 Å². The zero-order valence-corrected chi connectivity index (χ0v) is 13.1. The van der Waals surface area contributed by atoms with Crippen LogP contribution in [0.15, 0.2) is 22.7 Å². The van der Waals surface area contributed by atoms with Gasteiger partial charge in [-0.3, -0.25) is 4.79 Å². The second kappa shape index (κ2) is 5.48. The first-order valence-corrected chi connectivity index (χ1v) is 7.00. The van der Waals surface area contributed by atoms with E-state index in [1.165, 1.54) is 18.2 Å². The number of hydrogen-bond donors (Lipinski definition) is 0. The van der Waals surface area contributed by atoms with Gasteiger partial charge >= 0.3 is 0 Å². The van der Waals surface area contributed by atoms with Crippen LogP contribution >= 0.6 is 31.9 Å². The molecule has 1 aromatic rings. The smallest absolute Gasteiger partial charge is 0.254 e. The summed E-state index contributed by atoms with van der Waals surface area (Å²) < 4.78 is 13.4. The predicted octanol–water partition coefficient (Wildman–Crippen LogP) is 3.83. The monoisotopic (exact) mass is 365 g/mol. The first kappa shape index (κ1) is 14.6. The van der Waals surface area contributed by atoms with Crippen LogP contribution in [0.5, 0.6) is 0 Å². The lowest BCUT2D eigenvalue weighted by Gasteiger charge is -2.34. The molecule has 0 spiro atoms. The maximum Gasteiger partial charge on any atom is 0.254 e. The predicted molar refractivity (Wildman–Crippen MR) is 74.1 cm³/mol. The third-order valence-corrected chi connectivity index (χ3v) is 4.69. The molecule has 5 heteroatoms. The van der Waals surface area contributed by atoms with Crippen LogP contribution in [-0.2, 0) is 0 Å². The number of carbonyl (C=O) groups excluding carboxylic acids is 1. The summed E-state index contributed by atoms with van der Waals surface area (Å²) in [7, 11) is 1.74. The molecular formula is C12H14Br2FNO. The molecule has 0 fully saturated rings. The summed E-state index contributed by atoms with van der Waals surface area (Å²) in [5, 5.41) is 0.671. The SMILES string of the molecule is CN(C(=O)c1ccc(F)c(Br)c1)C(C)(C)CBr. The Morgan fingerprint density at radius 1 is 1.47 bits per heavy atom. The fourth-order valence-corrected chi connectivity index (χ4v) is 1.94. The van der Waals surface area contributed by atoms with Gasteiger partial charge < -0.3 is 4.90 Å². The Morgan fingerprint density at radius 3 is 2.53 bits per heavy atom. The van der Waals surface area contributed by atoms with Gasteiger partial charge in [0.1, 0.15) is 5.82 Å². The van der Waals surface area contributed by atoms with Gasteiger partial charge in [-0.25, -0.2) is 4.39 Å². The average molecular weight is 367 g/mol. The highest BCUT2D eigenvalue weighted by Gasteiger charge is 2.27. The highest BCUT2D eigenvalue weighted by Crippen LogP contribution is 2.21. The number of nitrogens with zero attached hydrogens (tertiary/aromatic N) is 1. The van der Waals surface area contributed by atoms with E-state index in [1.54, 1.807) is 11.9 Å². The van der Waals surface area contributed by atoms with E-state index < -0.39 is 0 Å². The number of benzene rings is 1. The van der Waals surface area contributed by atoms with Crippen molar-refractivity contribution < 1.29 is 9.18 Å². The van der Waals surface area contributed by atoms with Crippen LogP contribution in [0.1, 0.15) is 24.2 Å². The van der Waals surface area contributed by atoms with Crippen LogP contribution in [0.25, 0.3) is 0 Å². The Morgan fingerprint density at radius 2 is 2.06 bits per heavy atom. The van der Waals surface area contributed by atoms with E-state index in [1.807, 2.05) is 13.8 Å². The molecule has 0 aliphatic rings. The van der Waals surface area contributed by atoms with Crippen molar-refractivity contribution in [1.29, 1.82) is 0 Å². The Labute approximate surface area is 117 Å². The lowest BCUT2D eigenvalue weighted by molar-refractivity contribution is 0.0663. The van der Waals surface area contributed by atoms with Crippen molar-refractivity contribution in [3.8, 4) is 0 Å². The van der Waals surface area contributed by atoms with E-state index in [0.717, 1.165) is 0 Å². The minimum absolute atomic E-state index is 0.129. The molecule has 0 N–H and O–H groups in total. The van der Waals surface area contributed by atoms with Crippen LogP contribution in [0.4, 0.5) is 4.39 Å². The number of halogens is 3. The van der Waals surface area contributed by atoms with Crippen LogP contribution in [0.3, 0.4) is 0 Å². The van der Waals surface area contributed by atoms with Crippen molar-refractivity contribution in [2.75, 3.05) is 12.4 Å². The maximum atomic E-state index is 13.1. The molecule has 17 heavy (non-hydrogen) atoms. The number of alkyl halides is 1.